The predicted molar refractivity (Wildman–Crippen MR) is 78.8 cm³/mol. The van der Waals surface area contributed by atoms with Crippen LogP contribution in [0.15, 0.2) is 29.8 Å². The lowest BCUT2D eigenvalue weighted by Crippen LogP contribution is -2.32. The molecule has 0 aliphatic carbocycles. The first-order valence-corrected chi connectivity index (χ1v) is 7.20. The number of nitriles is 1. The molecule has 0 radical (unpaired) electrons. The predicted octanol–water partition coefficient (Wildman–Crippen LogP) is 1.63. The van der Waals surface area contributed by atoms with Crippen molar-refractivity contribution in [3.05, 3.63) is 35.4 Å². The molecule has 0 unspecified atom stereocenters. The number of nitrogens with two attached hydrogens (primary N) is 1. The molecule has 1 aromatic carbocycles. The molecule has 2 N–H and O–H groups in total. The lowest BCUT2D eigenvalue weighted by atomic mass is 10.1. The van der Waals surface area contributed by atoms with E-state index in [2.05, 4.69) is 4.90 Å². The summed E-state index contributed by atoms with van der Waals surface area (Å²) >= 11 is 1.97. The van der Waals surface area contributed by atoms with Gasteiger partial charge in [-0.2, -0.15) is 17.0 Å². The maximum atomic E-state index is 11.0. The van der Waals surface area contributed by atoms with Gasteiger partial charge >= 0.3 is 0 Å². The highest BCUT2D eigenvalue weighted by molar-refractivity contribution is 7.99. The zero-order valence-electron chi connectivity index (χ0n) is 10.5. The summed E-state index contributed by atoms with van der Waals surface area (Å²) in [5.41, 5.74) is 7.06. The van der Waals surface area contributed by atoms with Crippen molar-refractivity contribution in [3.63, 3.8) is 0 Å². The number of hydrogen-bond acceptors (Lipinski definition) is 4. The van der Waals surface area contributed by atoms with Crippen LogP contribution in [0.25, 0.3) is 6.08 Å². The summed E-state index contributed by atoms with van der Waals surface area (Å²) in [6.45, 7) is 2.12. The zero-order valence-corrected chi connectivity index (χ0v) is 11.3. The van der Waals surface area contributed by atoms with Crippen LogP contribution in [-0.4, -0.2) is 30.5 Å². The first kappa shape index (κ1) is 13.5. The Morgan fingerprint density at radius 3 is 2.47 bits per heavy atom. The first-order valence-electron chi connectivity index (χ1n) is 6.05. The summed E-state index contributed by atoms with van der Waals surface area (Å²) in [5, 5.41) is 8.79. The molecule has 0 bridgehead atoms. The van der Waals surface area contributed by atoms with Gasteiger partial charge in [-0.25, -0.2) is 0 Å². The fourth-order valence-electron chi connectivity index (χ4n) is 1.93. The maximum absolute atomic E-state index is 11.0. The number of nitrogens with zero attached hydrogens (tertiary/aromatic N) is 2. The van der Waals surface area contributed by atoms with Gasteiger partial charge in [0.25, 0.3) is 5.91 Å². The number of thioether (sulfide) groups is 1. The number of benzene rings is 1. The average Bonchev–Trinajstić information content (AvgIpc) is 2.46. The van der Waals surface area contributed by atoms with Crippen LogP contribution in [0.5, 0.6) is 0 Å². The summed E-state index contributed by atoms with van der Waals surface area (Å²) < 4.78 is 0. The minimum absolute atomic E-state index is 0.0258. The number of primary amides is 1. The standard InChI is InChI=1S/C14H15N3OS/c15-10-12(14(16)18)9-11-1-3-13(4-2-11)17-5-7-19-8-6-17/h1-4,9H,5-8H2,(H2,16,18)/b12-9+. The third kappa shape index (κ3) is 3.52. The lowest BCUT2D eigenvalue weighted by Gasteiger charge is -2.28. The Kier molecular flexibility index (Phi) is 4.48. The van der Waals surface area contributed by atoms with Gasteiger partial charge in [-0.1, -0.05) is 12.1 Å². The molecule has 1 aliphatic heterocycles. The van der Waals surface area contributed by atoms with E-state index in [0.29, 0.717) is 0 Å². The molecular formula is C14H15N3OS. The highest BCUT2D eigenvalue weighted by Gasteiger charge is 2.10. The second-order valence-corrected chi connectivity index (χ2v) is 5.45. The van der Waals surface area contributed by atoms with E-state index in [4.69, 9.17) is 11.0 Å². The molecule has 19 heavy (non-hydrogen) atoms. The third-order valence-corrected chi connectivity index (χ3v) is 3.91. The smallest absolute Gasteiger partial charge is 0.259 e. The van der Waals surface area contributed by atoms with Gasteiger partial charge in [-0.15, -0.1) is 0 Å². The number of amides is 1. The molecule has 98 valence electrons. The molecule has 5 heteroatoms. The molecule has 4 nitrogen and oxygen atoms in total. The van der Waals surface area contributed by atoms with Crippen LogP contribution in [0.4, 0.5) is 5.69 Å². The number of carbonyl (C=O) groups excluding carboxylic acids is 1. The van der Waals surface area contributed by atoms with Crippen molar-refractivity contribution in [2.24, 2.45) is 5.73 Å². The van der Waals surface area contributed by atoms with Gasteiger partial charge in [-0.3, -0.25) is 4.79 Å². The van der Waals surface area contributed by atoms with E-state index in [0.717, 1.165) is 30.2 Å². The topological polar surface area (TPSA) is 70.1 Å². The second-order valence-electron chi connectivity index (χ2n) is 4.23. The van der Waals surface area contributed by atoms with E-state index in [1.807, 2.05) is 36.0 Å². The number of carbonyl (C=O) groups is 1. The Balaban J connectivity index is 2.14. The van der Waals surface area contributed by atoms with Crippen LogP contribution in [0.1, 0.15) is 5.56 Å². The number of rotatable bonds is 3. The summed E-state index contributed by atoms with van der Waals surface area (Å²) in [4.78, 5) is 13.3. The van der Waals surface area contributed by atoms with Crippen LogP contribution >= 0.6 is 11.8 Å². The Labute approximate surface area is 116 Å². The summed E-state index contributed by atoms with van der Waals surface area (Å²) in [5.74, 6) is 1.61. The van der Waals surface area contributed by atoms with Crippen LogP contribution in [0, 0.1) is 11.3 Å². The third-order valence-electron chi connectivity index (χ3n) is 2.97. The molecule has 0 spiro atoms. The maximum Gasteiger partial charge on any atom is 0.259 e. The molecule has 2 rings (SSSR count). The van der Waals surface area contributed by atoms with E-state index in [-0.39, 0.29) is 5.57 Å². The minimum Gasteiger partial charge on any atom is -0.370 e. The minimum atomic E-state index is -0.695. The molecular weight excluding hydrogens is 258 g/mol. The highest BCUT2D eigenvalue weighted by Crippen LogP contribution is 2.20. The van der Waals surface area contributed by atoms with Crippen LogP contribution < -0.4 is 10.6 Å². The average molecular weight is 273 g/mol. The lowest BCUT2D eigenvalue weighted by molar-refractivity contribution is -0.114. The zero-order chi connectivity index (χ0) is 13.7. The van der Waals surface area contributed by atoms with Crippen molar-refractivity contribution >= 4 is 29.4 Å². The Bertz CT molecular complexity index is 525. The van der Waals surface area contributed by atoms with E-state index >= 15 is 0 Å². The first-order chi connectivity index (χ1) is 9.20. The number of hydrogen-bond donors (Lipinski definition) is 1. The summed E-state index contributed by atoms with van der Waals surface area (Å²) in [6, 6.07) is 9.63. The van der Waals surface area contributed by atoms with Gasteiger partial charge in [0.1, 0.15) is 11.6 Å². The van der Waals surface area contributed by atoms with Crippen molar-refractivity contribution < 1.29 is 4.79 Å². The normalized spacial score (nSPS) is 15.9. The molecule has 1 amide bonds. The Morgan fingerprint density at radius 1 is 1.32 bits per heavy atom. The van der Waals surface area contributed by atoms with Crippen molar-refractivity contribution in [3.8, 4) is 6.07 Å². The van der Waals surface area contributed by atoms with Crippen LogP contribution in [0.2, 0.25) is 0 Å². The van der Waals surface area contributed by atoms with Crippen molar-refractivity contribution in [2.45, 2.75) is 0 Å². The fraction of sp³-hybridized carbons (Fsp3) is 0.286. The monoisotopic (exact) mass is 273 g/mol. The van der Waals surface area contributed by atoms with Gasteiger partial charge in [-0.05, 0) is 23.8 Å². The molecule has 1 fully saturated rings. The van der Waals surface area contributed by atoms with Crippen molar-refractivity contribution in [2.75, 3.05) is 29.5 Å². The van der Waals surface area contributed by atoms with Crippen LogP contribution in [-0.2, 0) is 4.79 Å². The molecule has 1 aliphatic rings. The van der Waals surface area contributed by atoms with E-state index < -0.39 is 5.91 Å². The Morgan fingerprint density at radius 2 is 1.95 bits per heavy atom. The van der Waals surface area contributed by atoms with Gasteiger partial charge < -0.3 is 10.6 Å². The van der Waals surface area contributed by atoms with Crippen molar-refractivity contribution in [1.82, 2.24) is 0 Å². The van der Waals surface area contributed by atoms with Gasteiger partial charge in [0, 0.05) is 30.3 Å². The molecule has 1 saturated heterocycles. The quantitative estimate of drug-likeness (QED) is 0.671. The van der Waals surface area contributed by atoms with Gasteiger partial charge in [0.15, 0.2) is 0 Å². The van der Waals surface area contributed by atoms with Crippen LogP contribution in [0.3, 0.4) is 0 Å². The van der Waals surface area contributed by atoms with Gasteiger partial charge in [0.2, 0.25) is 0 Å². The number of anilines is 1. The largest absolute Gasteiger partial charge is 0.370 e. The molecule has 1 heterocycles. The molecule has 0 aromatic heterocycles. The van der Waals surface area contributed by atoms with E-state index in [9.17, 15) is 4.79 Å². The fourth-order valence-corrected chi connectivity index (χ4v) is 2.83. The highest BCUT2D eigenvalue weighted by atomic mass is 32.2. The Hall–Kier alpha value is -1.93. The van der Waals surface area contributed by atoms with Gasteiger partial charge in [0.05, 0.1) is 0 Å². The second kappa shape index (κ2) is 6.30. The summed E-state index contributed by atoms with van der Waals surface area (Å²) in [6.07, 6.45) is 1.51. The summed E-state index contributed by atoms with van der Waals surface area (Å²) in [7, 11) is 0. The van der Waals surface area contributed by atoms with E-state index in [1.165, 1.54) is 11.8 Å². The van der Waals surface area contributed by atoms with Crippen molar-refractivity contribution in [1.29, 1.82) is 5.26 Å². The molecule has 0 saturated carbocycles. The SMILES string of the molecule is N#C/C(=C\c1ccc(N2CCSCC2)cc1)C(N)=O. The molecule has 0 atom stereocenters. The van der Waals surface area contributed by atoms with E-state index in [1.54, 1.807) is 6.07 Å². The molecule has 1 aromatic rings.